The van der Waals surface area contributed by atoms with Gasteiger partial charge in [0.25, 0.3) is 0 Å². The Labute approximate surface area is 218 Å². The smallest absolute Gasteiger partial charge is 0.171 e. The van der Waals surface area contributed by atoms with Gasteiger partial charge in [-0.1, -0.05) is 78.9 Å². The average molecular weight is 525 g/mol. The molecular weight excluding hydrogens is 496 g/mol. The molecule has 1 aliphatic rings. The lowest BCUT2D eigenvalue weighted by atomic mass is 9.90. The maximum absolute atomic E-state index is 8.60. The summed E-state index contributed by atoms with van der Waals surface area (Å²) in [6, 6.07) is 26.4. The monoisotopic (exact) mass is 524 g/mol. The van der Waals surface area contributed by atoms with E-state index in [1.54, 1.807) is 0 Å². The summed E-state index contributed by atoms with van der Waals surface area (Å²) in [6.45, 7) is 5.12. The van der Waals surface area contributed by atoms with E-state index >= 15 is 0 Å². The SMILES string of the molecule is CCOc1ccc(C=CC2(c3ccccc3)C=CC=C(c3ccccc3)O2)cc1OCC.[O-][Cl+3]([O-])([O-])O. The van der Waals surface area contributed by atoms with Gasteiger partial charge in [0.2, 0.25) is 0 Å². The van der Waals surface area contributed by atoms with E-state index in [1.165, 1.54) is 0 Å². The van der Waals surface area contributed by atoms with Crippen molar-refractivity contribution in [3.63, 3.8) is 0 Å². The molecule has 0 saturated carbocycles. The Kier molecular flexibility index (Phi) is 9.91. The van der Waals surface area contributed by atoms with Crippen molar-refractivity contribution in [3.8, 4) is 11.5 Å². The number of ether oxygens (including phenoxy) is 3. The summed E-state index contributed by atoms with van der Waals surface area (Å²) in [5.41, 5.74) is 2.40. The molecule has 37 heavy (non-hydrogen) atoms. The lowest BCUT2D eigenvalue weighted by Gasteiger charge is -2.33. The van der Waals surface area contributed by atoms with Crippen molar-refractivity contribution in [1.82, 2.24) is 0 Å². The van der Waals surface area contributed by atoms with Gasteiger partial charge in [0.15, 0.2) is 17.1 Å². The van der Waals surface area contributed by atoms with Gasteiger partial charge in [0, 0.05) is 11.1 Å². The molecular formula is C29H29ClO7. The lowest BCUT2D eigenvalue weighted by molar-refractivity contribution is -1.92. The Morgan fingerprint density at radius 3 is 2.08 bits per heavy atom. The van der Waals surface area contributed by atoms with Crippen LogP contribution >= 0.6 is 0 Å². The predicted octanol–water partition coefficient (Wildman–Crippen LogP) is 2.90. The summed E-state index contributed by atoms with van der Waals surface area (Å²) in [4.78, 5) is 0. The van der Waals surface area contributed by atoms with Crippen LogP contribution in [-0.2, 0) is 10.3 Å². The van der Waals surface area contributed by atoms with Gasteiger partial charge >= 0.3 is 0 Å². The molecule has 7 nitrogen and oxygen atoms in total. The Balaban J connectivity index is 0.000000695. The van der Waals surface area contributed by atoms with Crippen molar-refractivity contribution < 1.29 is 43.1 Å². The highest BCUT2D eigenvalue weighted by Gasteiger charge is 2.31. The number of rotatable bonds is 8. The van der Waals surface area contributed by atoms with Crippen LogP contribution in [0.4, 0.5) is 0 Å². The number of hydrogen-bond donors (Lipinski definition) is 1. The lowest BCUT2D eigenvalue weighted by Crippen LogP contribution is -2.58. The van der Waals surface area contributed by atoms with Crippen molar-refractivity contribution in [2.75, 3.05) is 13.2 Å². The highest BCUT2D eigenvalue weighted by molar-refractivity contribution is 5.66. The quantitative estimate of drug-likeness (QED) is 0.481. The molecule has 1 atom stereocenters. The van der Waals surface area contributed by atoms with Gasteiger partial charge in [-0.05, 0) is 49.8 Å². The van der Waals surface area contributed by atoms with E-state index in [-0.39, 0.29) is 0 Å². The predicted molar refractivity (Wildman–Crippen MR) is 133 cm³/mol. The molecule has 1 heterocycles. The first-order chi connectivity index (χ1) is 17.7. The molecule has 0 radical (unpaired) electrons. The van der Waals surface area contributed by atoms with Gasteiger partial charge in [-0.15, -0.1) is 0 Å². The molecule has 194 valence electrons. The van der Waals surface area contributed by atoms with E-state index in [9.17, 15) is 0 Å². The van der Waals surface area contributed by atoms with Gasteiger partial charge in [0.1, 0.15) is 5.76 Å². The van der Waals surface area contributed by atoms with Crippen LogP contribution < -0.4 is 23.5 Å². The first-order valence-corrected chi connectivity index (χ1v) is 12.9. The highest BCUT2D eigenvalue weighted by Crippen LogP contribution is 2.38. The van der Waals surface area contributed by atoms with Gasteiger partial charge in [-0.25, -0.2) is 0 Å². The summed E-state index contributed by atoms with van der Waals surface area (Å²) in [5, 5.41) is 0. The van der Waals surface area contributed by atoms with Crippen molar-refractivity contribution in [1.29, 1.82) is 0 Å². The van der Waals surface area contributed by atoms with Crippen LogP contribution in [0.3, 0.4) is 0 Å². The second-order valence-corrected chi connectivity index (χ2v) is 8.61. The zero-order valence-corrected chi connectivity index (χ0v) is 21.3. The van der Waals surface area contributed by atoms with Crippen LogP contribution in [0.1, 0.15) is 30.5 Å². The zero-order chi connectivity index (χ0) is 26.7. The minimum atomic E-state index is -4.69. The van der Waals surface area contributed by atoms with E-state index in [4.69, 9.17) is 32.8 Å². The molecule has 1 aliphatic heterocycles. The Morgan fingerprint density at radius 2 is 1.46 bits per heavy atom. The van der Waals surface area contributed by atoms with Crippen LogP contribution in [0, 0.1) is 10.2 Å². The van der Waals surface area contributed by atoms with Crippen molar-refractivity contribution >= 4 is 11.8 Å². The summed E-state index contributed by atoms with van der Waals surface area (Å²) in [6.07, 6.45) is 10.3. The molecule has 3 aromatic rings. The molecule has 8 heteroatoms. The Morgan fingerprint density at radius 1 is 0.865 bits per heavy atom. The zero-order valence-electron chi connectivity index (χ0n) is 20.6. The highest BCUT2D eigenvalue weighted by atomic mass is 35.7. The summed E-state index contributed by atoms with van der Waals surface area (Å²) < 4.78 is 50.9. The number of hydrogen-bond acceptors (Lipinski definition) is 7. The van der Waals surface area contributed by atoms with Crippen molar-refractivity contribution in [2.45, 2.75) is 19.4 Å². The second-order valence-electron chi connectivity index (χ2n) is 7.82. The molecule has 0 saturated heterocycles. The first-order valence-electron chi connectivity index (χ1n) is 11.7. The van der Waals surface area contributed by atoms with E-state index in [0.717, 1.165) is 33.9 Å². The molecule has 0 fully saturated rings. The topological polar surface area (TPSA) is 117 Å². The summed E-state index contributed by atoms with van der Waals surface area (Å²) in [7, 11) is -4.69. The van der Waals surface area contributed by atoms with Gasteiger partial charge in [-0.2, -0.15) is 14.0 Å². The number of benzene rings is 3. The van der Waals surface area contributed by atoms with E-state index < -0.39 is 15.8 Å². The van der Waals surface area contributed by atoms with Crippen molar-refractivity contribution in [3.05, 3.63) is 120 Å². The van der Waals surface area contributed by atoms with E-state index in [1.807, 2.05) is 74.5 Å². The fourth-order valence-corrected chi connectivity index (χ4v) is 3.72. The molecule has 1 N–H and O–H groups in total. The third kappa shape index (κ3) is 8.49. The molecule has 3 aromatic carbocycles. The molecule has 0 aliphatic carbocycles. The second kappa shape index (κ2) is 13.1. The van der Waals surface area contributed by atoms with Gasteiger partial charge in [0.05, 0.1) is 28.1 Å². The number of halogens is 1. The summed E-state index contributed by atoms with van der Waals surface area (Å²) >= 11 is 0. The van der Waals surface area contributed by atoms with Crippen LogP contribution in [0.5, 0.6) is 11.5 Å². The van der Waals surface area contributed by atoms with Crippen LogP contribution in [0.15, 0.2) is 103 Å². The third-order valence-corrected chi connectivity index (χ3v) is 5.24. The molecule has 0 spiro atoms. The van der Waals surface area contributed by atoms with Gasteiger partial charge < -0.3 is 14.2 Å². The van der Waals surface area contributed by atoms with Crippen LogP contribution in [0.2, 0.25) is 0 Å². The Hall–Kier alpha value is -3.59. The molecule has 0 amide bonds. The van der Waals surface area contributed by atoms with Crippen molar-refractivity contribution in [2.24, 2.45) is 0 Å². The minimum Gasteiger partial charge on any atom is -0.490 e. The Bertz CT molecular complexity index is 1210. The normalized spacial score (nSPS) is 16.9. The summed E-state index contributed by atoms with van der Waals surface area (Å²) in [5.74, 6) is 2.34. The molecule has 0 aromatic heterocycles. The third-order valence-electron chi connectivity index (χ3n) is 5.24. The molecule has 1 unspecified atom stereocenters. The van der Waals surface area contributed by atoms with Gasteiger partial charge in [-0.3, -0.25) is 0 Å². The fraction of sp³-hybridized carbons (Fsp3) is 0.172. The maximum Gasteiger partial charge on any atom is 0.171 e. The maximum atomic E-state index is 8.60. The fourth-order valence-electron chi connectivity index (χ4n) is 3.72. The first kappa shape index (κ1) is 28.0. The van der Waals surface area contributed by atoms with E-state index in [2.05, 4.69) is 48.6 Å². The minimum absolute atomic E-state index is 0.582. The van der Waals surface area contributed by atoms with E-state index in [0.29, 0.717) is 13.2 Å². The largest absolute Gasteiger partial charge is 0.490 e. The average Bonchev–Trinajstić information content (AvgIpc) is 2.89. The molecule has 0 bridgehead atoms. The van der Waals surface area contributed by atoms with Crippen LogP contribution in [-0.4, -0.2) is 17.9 Å². The molecule has 4 rings (SSSR count). The van der Waals surface area contributed by atoms with Crippen LogP contribution in [0.25, 0.3) is 11.8 Å². The number of allylic oxidation sites excluding steroid dienone is 2. The standard InChI is InChI=1S/C29H28O3.ClHO4/c1-3-30-27-18-17-23(22-28(27)31-4-2)19-21-29(25-14-9-6-10-15-25)20-11-16-26(32-29)24-12-7-5-8-13-24;2-1(3,4)5/h5-22H,3-4H2,1-2H3;(H,2,3,4,5).